The van der Waals surface area contributed by atoms with Crippen molar-refractivity contribution in [3.63, 3.8) is 0 Å². The molecular weight excluding hydrogens is 697 g/mol. The lowest BCUT2D eigenvalue weighted by Gasteiger charge is -2.20. The second-order valence-electron chi connectivity index (χ2n) is 14.1. The molecule has 12 heteroatoms. The molecule has 0 amide bonds. The molecular formula is C41H76NO10P. The Kier molecular flexibility index (Phi) is 35.5. The number of rotatable bonds is 39. The van der Waals surface area contributed by atoms with Crippen molar-refractivity contribution in [1.29, 1.82) is 0 Å². The molecule has 0 saturated carbocycles. The molecule has 0 fully saturated rings. The average molecular weight is 774 g/mol. The van der Waals surface area contributed by atoms with Crippen molar-refractivity contribution in [2.75, 3.05) is 19.8 Å². The number of allylic oxidation sites excluding steroid dienone is 4. The van der Waals surface area contributed by atoms with E-state index >= 15 is 0 Å². The van der Waals surface area contributed by atoms with E-state index in [1.807, 2.05) is 0 Å². The van der Waals surface area contributed by atoms with E-state index in [-0.39, 0.29) is 19.4 Å². The Morgan fingerprint density at radius 3 is 1.38 bits per heavy atom. The molecule has 0 aliphatic rings. The van der Waals surface area contributed by atoms with E-state index < -0.39 is 51.1 Å². The van der Waals surface area contributed by atoms with Crippen LogP contribution in [0.25, 0.3) is 0 Å². The molecule has 0 aliphatic carbocycles. The summed E-state index contributed by atoms with van der Waals surface area (Å²) in [5.41, 5.74) is 5.32. The van der Waals surface area contributed by atoms with Crippen LogP contribution in [0.15, 0.2) is 24.3 Å². The van der Waals surface area contributed by atoms with Crippen molar-refractivity contribution in [2.24, 2.45) is 5.73 Å². The fraction of sp³-hybridized carbons (Fsp3) is 0.829. The molecule has 4 N–H and O–H groups in total. The van der Waals surface area contributed by atoms with Crippen LogP contribution in [0.5, 0.6) is 0 Å². The van der Waals surface area contributed by atoms with Gasteiger partial charge in [0.1, 0.15) is 12.6 Å². The smallest absolute Gasteiger partial charge is 0.472 e. The molecule has 0 spiro atoms. The minimum Gasteiger partial charge on any atom is -0.480 e. The van der Waals surface area contributed by atoms with Crippen molar-refractivity contribution < 1.29 is 47.5 Å². The lowest BCUT2D eigenvalue weighted by Crippen LogP contribution is -2.34. The van der Waals surface area contributed by atoms with Gasteiger partial charge in [-0.3, -0.25) is 23.4 Å². The quantitative estimate of drug-likeness (QED) is 0.0235. The standard InChI is InChI=1S/C41H76NO10P/c1-3-5-7-9-11-13-15-17-19-21-22-24-26-28-30-32-39(43)49-34-37(35-50-53(47,48)51-36-38(42)41(45)46)52-40(44)33-31-29-27-25-23-20-18-16-14-12-10-8-6-4-2/h16-19,37-38H,3-15,20-36,42H2,1-2H3,(H,45,46)(H,47,48)/b18-16+,19-17+/t37-,38+/m1/s1. The summed E-state index contributed by atoms with van der Waals surface area (Å²) in [6.45, 7) is 2.77. The largest absolute Gasteiger partial charge is 0.480 e. The minimum absolute atomic E-state index is 0.151. The lowest BCUT2D eigenvalue weighted by atomic mass is 10.1. The van der Waals surface area contributed by atoms with Crippen LogP contribution in [0.3, 0.4) is 0 Å². The molecule has 0 aromatic carbocycles. The van der Waals surface area contributed by atoms with Gasteiger partial charge in [0.2, 0.25) is 0 Å². The number of aliphatic carboxylic acids is 1. The number of carbonyl (C=O) groups is 3. The van der Waals surface area contributed by atoms with Gasteiger partial charge in [-0.15, -0.1) is 0 Å². The first-order valence-electron chi connectivity index (χ1n) is 20.9. The molecule has 0 saturated heterocycles. The van der Waals surface area contributed by atoms with Crippen molar-refractivity contribution in [3.8, 4) is 0 Å². The maximum absolute atomic E-state index is 12.6. The highest BCUT2D eigenvalue weighted by atomic mass is 31.2. The number of carboxylic acids is 1. The van der Waals surface area contributed by atoms with Gasteiger partial charge in [-0.2, -0.15) is 0 Å². The molecule has 0 heterocycles. The zero-order valence-electron chi connectivity index (χ0n) is 33.4. The Morgan fingerprint density at radius 2 is 0.943 bits per heavy atom. The maximum atomic E-state index is 12.6. The Morgan fingerprint density at radius 1 is 0.566 bits per heavy atom. The third-order valence-corrected chi connectivity index (χ3v) is 9.87. The molecule has 0 rings (SSSR count). The van der Waals surface area contributed by atoms with Crippen LogP contribution in [-0.4, -0.2) is 59.9 Å². The van der Waals surface area contributed by atoms with Gasteiger partial charge >= 0.3 is 25.7 Å². The number of esters is 2. The van der Waals surface area contributed by atoms with Gasteiger partial charge in [0.05, 0.1) is 13.2 Å². The number of unbranched alkanes of at least 4 members (excludes halogenated alkanes) is 21. The van der Waals surface area contributed by atoms with Gasteiger partial charge < -0.3 is 25.2 Å². The van der Waals surface area contributed by atoms with Crippen LogP contribution in [0.1, 0.15) is 187 Å². The van der Waals surface area contributed by atoms with E-state index in [2.05, 4.69) is 42.7 Å². The van der Waals surface area contributed by atoms with E-state index in [4.69, 9.17) is 24.8 Å². The number of ether oxygens (including phenoxy) is 2. The molecule has 0 bridgehead atoms. The summed E-state index contributed by atoms with van der Waals surface area (Å²) in [6, 6.07) is -1.52. The van der Waals surface area contributed by atoms with E-state index in [9.17, 15) is 23.8 Å². The average Bonchev–Trinajstić information content (AvgIpc) is 3.13. The fourth-order valence-electron chi connectivity index (χ4n) is 5.58. The maximum Gasteiger partial charge on any atom is 0.472 e. The third-order valence-electron chi connectivity index (χ3n) is 8.92. The summed E-state index contributed by atoms with van der Waals surface area (Å²) in [6.07, 6.45) is 36.7. The van der Waals surface area contributed by atoms with Crippen LogP contribution in [0, 0.1) is 0 Å². The number of phosphoric acid groups is 1. The number of hydrogen-bond donors (Lipinski definition) is 3. The summed E-state index contributed by atoms with van der Waals surface area (Å²) in [5.74, 6) is -2.40. The van der Waals surface area contributed by atoms with Gasteiger partial charge in [0, 0.05) is 12.8 Å². The summed E-state index contributed by atoms with van der Waals surface area (Å²) >= 11 is 0. The first kappa shape index (κ1) is 51.0. The van der Waals surface area contributed by atoms with Gasteiger partial charge in [-0.1, -0.05) is 134 Å². The molecule has 0 aromatic rings. The van der Waals surface area contributed by atoms with Crippen molar-refractivity contribution in [1.82, 2.24) is 0 Å². The fourth-order valence-corrected chi connectivity index (χ4v) is 6.36. The van der Waals surface area contributed by atoms with Crippen LogP contribution in [0.4, 0.5) is 0 Å². The summed E-state index contributed by atoms with van der Waals surface area (Å²) in [4.78, 5) is 45.8. The third kappa shape index (κ3) is 36.7. The zero-order chi connectivity index (χ0) is 39.3. The first-order valence-corrected chi connectivity index (χ1v) is 22.4. The molecule has 310 valence electrons. The molecule has 11 nitrogen and oxygen atoms in total. The van der Waals surface area contributed by atoms with E-state index in [1.165, 1.54) is 70.6 Å². The highest BCUT2D eigenvalue weighted by Gasteiger charge is 2.28. The Balaban J connectivity index is 4.41. The molecule has 0 aliphatic heterocycles. The highest BCUT2D eigenvalue weighted by molar-refractivity contribution is 7.47. The van der Waals surface area contributed by atoms with Gasteiger partial charge in [0.15, 0.2) is 6.10 Å². The number of nitrogens with two attached hydrogens (primary N) is 1. The Labute approximate surface area is 321 Å². The lowest BCUT2D eigenvalue weighted by molar-refractivity contribution is -0.161. The van der Waals surface area contributed by atoms with E-state index in [1.54, 1.807) is 0 Å². The Bertz CT molecular complexity index is 1010. The van der Waals surface area contributed by atoms with Gasteiger partial charge in [-0.25, -0.2) is 4.57 Å². The number of carbonyl (C=O) groups excluding carboxylic acids is 2. The SMILES string of the molecule is CCCCCCC/C=C/CCCCCCCC(=O)O[C@H](COC(=O)CCCCCCC/C=C/CCCCCCCC)COP(=O)(O)OC[C@H](N)C(=O)O. The molecule has 53 heavy (non-hydrogen) atoms. The predicted octanol–water partition coefficient (Wildman–Crippen LogP) is 10.7. The summed E-state index contributed by atoms with van der Waals surface area (Å²) in [5, 5.41) is 8.87. The van der Waals surface area contributed by atoms with Crippen LogP contribution >= 0.6 is 7.82 Å². The second kappa shape index (κ2) is 36.9. The number of carboxylic acid groups (broad SMARTS) is 1. The van der Waals surface area contributed by atoms with E-state index in [0.29, 0.717) is 12.8 Å². The van der Waals surface area contributed by atoms with Crippen molar-refractivity contribution in [3.05, 3.63) is 24.3 Å². The van der Waals surface area contributed by atoms with Crippen LogP contribution < -0.4 is 5.73 Å². The van der Waals surface area contributed by atoms with Crippen LogP contribution in [0.2, 0.25) is 0 Å². The zero-order valence-corrected chi connectivity index (χ0v) is 34.3. The molecule has 1 unspecified atom stereocenters. The topological polar surface area (TPSA) is 172 Å². The highest BCUT2D eigenvalue weighted by Crippen LogP contribution is 2.43. The van der Waals surface area contributed by atoms with Crippen LogP contribution in [-0.2, 0) is 37.5 Å². The Hall–Kier alpha value is -2.04. The van der Waals surface area contributed by atoms with Crippen molar-refractivity contribution >= 4 is 25.7 Å². The first-order chi connectivity index (χ1) is 25.6. The van der Waals surface area contributed by atoms with E-state index in [0.717, 1.165) is 77.0 Å². The van der Waals surface area contributed by atoms with Crippen molar-refractivity contribution in [2.45, 2.75) is 199 Å². The van der Waals surface area contributed by atoms with Gasteiger partial charge in [0.25, 0.3) is 0 Å². The number of phosphoric ester groups is 1. The molecule has 0 radical (unpaired) electrons. The number of hydrogen-bond acceptors (Lipinski definition) is 9. The minimum atomic E-state index is -4.71. The second-order valence-corrected chi connectivity index (χ2v) is 15.6. The summed E-state index contributed by atoms with van der Waals surface area (Å²) in [7, 11) is -4.71. The monoisotopic (exact) mass is 774 g/mol. The molecule has 0 aromatic heterocycles. The normalized spacial score (nSPS) is 14.0. The molecule has 3 atom stereocenters. The predicted molar refractivity (Wildman–Crippen MR) is 212 cm³/mol. The summed E-state index contributed by atoms with van der Waals surface area (Å²) < 4.78 is 32.6. The van der Waals surface area contributed by atoms with Gasteiger partial charge in [-0.05, 0) is 64.2 Å².